The summed E-state index contributed by atoms with van der Waals surface area (Å²) in [6.07, 6.45) is 0. The number of nitrogens with zero attached hydrogens (tertiary/aromatic N) is 1. The second kappa shape index (κ2) is 3.92. The van der Waals surface area contributed by atoms with E-state index in [0.717, 1.165) is 11.0 Å². The number of benzene rings is 1. The molecule has 0 aliphatic rings. The Hall–Kier alpha value is -0.823. The fourth-order valence-electron chi connectivity index (χ4n) is 1.05. The molecule has 2 rings (SSSR count). The van der Waals surface area contributed by atoms with Crippen LogP contribution in [0.3, 0.4) is 0 Å². The van der Waals surface area contributed by atoms with E-state index in [1.807, 2.05) is 24.3 Å². The Labute approximate surface area is 92.5 Å². The molecular formula is C8H5LiN2OS. The number of hydrogen-bond donors (Lipinski definition) is 1. The van der Waals surface area contributed by atoms with Crippen LogP contribution in [0, 0.1) is 0 Å². The molecule has 1 aromatic heterocycles. The Morgan fingerprint density at radius 2 is 2.08 bits per heavy atom. The van der Waals surface area contributed by atoms with Crippen molar-refractivity contribution in [2.24, 2.45) is 0 Å². The van der Waals surface area contributed by atoms with Gasteiger partial charge in [-0.25, -0.2) is 4.98 Å². The van der Waals surface area contributed by atoms with Crippen LogP contribution < -0.4 is 18.9 Å². The van der Waals surface area contributed by atoms with Gasteiger partial charge in [-0.05, 0) is 12.1 Å². The first-order valence-corrected chi connectivity index (χ1v) is 3.84. The molecule has 0 saturated carbocycles. The van der Waals surface area contributed by atoms with Crippen molar-refractivity contribution < 1.29 is 23.7 Å². The van der Waals surface area contributed by atoms with Gasteiger partial charge in [-0.3, -0.25) is 0 Å². The van der Waals surface area contributed by atoms with E-state index in [4.69, 9.17) is 0 Å². The maximum Gasteiger partial charge on any atom is 1.00 e. The number of aromatic amines is 1. The van der Waals surface area contributed by atoms with Gasteiger partial charge >= 0.3 is 18.9 Å². The molecule has 0 fully saturated rings. The van der Waals surface area contributed by atoms with Gasteiger partial charge in [0.1, 0.15) is 0 Å². The minimum Gasteiger partial charge on any atom is -0.734 e. The van der Waals surface area contributed by atoms with E-state index >= 15 is 0 Å². The molecule has 0 aliphatic heterocycles. The van der Waals surface area contributed by atoms with Crippen molar-refractivity contribution in [3.63, 3.8) is 0 Å². The first kappa shape index (κ1) is 10.3. The SMILES string of the molecule is O=C([S-])c1nc2ccccc2[nH]1.[Li+]. The molecule has 5 heteroatoms. The molecule has 0 saturated heterocycles. The van der Waals surface area contributed by atoms with Crippen LogP contribution in [0.4, 0.5) is 0 Å². The van der Waals surface area contributed by atoms with Gasteiger partial charge in [0.2, 0.25) is 0 Å². The zero-order chi connectivity index (χ0) is 8.55. The van der Waals surface area contributed by atoms with E-state index in [9.17, 15) is 4.79 Å². The smallest absolute Gasteiger partial charge is 0.734 e. The molecular weight excluding hydrogens is 179 g/mol. The van der Waals surface area contributed by atoms with Crippen LogP contribution in [-0.2, 0) is 12.6 Å². The summed E-state index contributed by atoms with van der Waals surface area (Å²) in [6, 6.07) is 7.41. The summed E-state index contributed by atoms with van der Waals surface area (Å²) in [5, 5.41) is -0.453. The Balaban J connectivity index is 0.000000845. The summed E-state index contributed by atoms with van der Waals surface area (Å²) in [7, 11) is 0. The van der Waals surface area contributed by atoms with Gasteiger partial charge in [-0.2, -0.15) is 0 Å². The molecule has 0 amide bonds. The van der Waals surface area contributed by atoms with E-state index in [1.54, 1.807) is 0 Å². The molecule has 2 aromatic rings. The Morgan fingerprint density at radius 3 is 2.69 bits per heavy atom. The van der Waals surface area contributed by atoms with Gasteiger partial charge in [0, 0.05) is 0 Å². The van der Waals surface area contributed by atoms with Crippen LogP contribution in [0.1, 0.15) is 10.6 Å². The number of hydrogen-bond acceptors (Lipinski definition) is 3. The molecule has 13 heavy (non-hydrogen) atoms. The van der Waals surface area contributed by atoms with E-state index in [-0.39, 0.29) is 24.7 Å². The molecule has 60 valence electrons. The molecule has 1 aromatic carbocycles. The van der Waals surface area contributed by atoms with Crippen molar-refractivity contribution >= 4 is 28.8 Å². The van der Waals surface area contributed by atoms with E-state index in [1.165, 1.54) is 0 Å². The zero-order valence-corrected chi connectivity index (χ0v) is 7.89. The van der Waals surface area contributed by atoms with Crippen molar-refractivity contribution in [2.45, 2.75) is 0 Å². The summed E-state index contributed by atoms with van der Waals surface area (Å²) >= 11 is 4.45. The minimum absolute atomic E-state index is 0. The van der Waals surface area contributed by atoms with Crippen LogP contribution in [0.15, 0.2) is 24.3 Å². The molecule has 0 aliphatic carbocycles. The van der Waals surface area contributed by atoms with Crippen LogP contribution >= 0.6 is 0 Å². The Bertz CT molecular complexity index is 407. The van der Waals surface area contributed by atoms with Crippen LogP contribution in [-0.4, -0.2) is 15.1 Å². The van der Waals surface area contributed by atoms with Crippen LogP contribution in [0.25, 0.3) is 11.0 Å². The topological polar surface area (TPSA) is 45.8 Å². The summed E-state index contributed by atoms with van der Waals surface area (Å²) in [6.45, 7) is 0. The van der Waals surface area contributed by atoms with Crippen LogP contribution in [0.2, 0.25) is 0 Å². The van der Waals surface area contributed by atoms with Gasteiger partial charge < -0.3 is 22.4 Å². The Kier molecular flexibility index (Phi) is 3.10. The molecule has 3 nitrogen and oxygen atoms in total. The number of rotatable bonds is 1. The molecule has 1 heterocycles. The maximum atomic E-state index is 10.7. The summed E-state index contributed by atoms with van der Waals surface area (Å²) in [5.74, 6) is 0.242. The van der Waals surface area contributed by atoms with E-state index < -0.39 is 5.12 Å². The second-order valence-corrected chi connectivity index (χ2v) is 2.76. The summed E-state index contributed by atoms with van der Waals surface area (Å²) < 4.78 is 0. The number of aromatic nitrogens is 2. The largest absolute Gasteiger partial charge is 1.00 e. The number of imidazole rings is 1. The quantitative estimate of drug-likeness (QED) is 0.422. The third-order valence-electron chi connectivity index (χ3n) is 1.58. The van der Waals surface area contributed by atoms with Crippen molar-refractivity contribution in [1.82, 2.24) is 9.97 Å². The minimum atomic E-state index is -0.453. The Morgan fingerprint density at radius 1 is 1.38 bits per heavy atom. The van der Waals surface area contributed by atoms with E-state index in [2.05, 4.69) is 22.6 Å². The third kappa shape index (κ3) is 1.91. The fraction of sp³-hybridized carbons (Fsp3) is 0. The first-order chi connectivity index (χ1) is 5.77. The summed E-state index contributed by atoms with van der Waals surface area (Å²) in [5.41, 5.74) is 1.61. The molecule has 0 unspecified atom stereocenters. The molecule has 0 radical (unpaired) electrons. The fourth-order valence-corrected chi connectivity index (χ4v) is 1.15. The normalized spacial score (nSPS) is 9.54. The molecule has 0 bridgehead atoms. The third-order valence-corrected chi connectivity index (χ3v) is 1.78. The average molecular weight is 184 g/mol. The zero-order valence-electron chi connectivity index (χ0n) is 7.07. The number of H-pyrrole nitrogens is 1. The average Bonchev–Trinajstić information content (AvgIpc) is 2.46. The van der Waals surface area contributed by atoms with Gasteiger partial charge in [-0.1, -0.05) is 12.1 Å². The van der Waals surface area contributed by atoms with E-state index in [0.29, 0.717) is 0 Å². The predicted molar refractivity (Wildman–Crippen MR) is 47.8 cm³/mol. The van der Waals surface area contributed by atoms with Crippen LogP contribution in [0.5, 0.6) is 0 Å². The van der Waals surface area contributed by atoms with Gasteiger partial charge in [0.05, 0.1) is 16.1 Å². The van der Waals surface area contributed by atoms with Gasteiger partial charge in [0.15, 0.2) is 5.82 Å². The number of carbonyl (C=O) groups is 1. The van der Waals surface area contributed by atoms with Gasteiger partial charge in [-0.15, -0.1) is 0 Å². The molecule has 0 spiro atoms. The number of carbonyl (C=O) groups excluding carboxylic acids is 1. The van der Waals surface area contributed by atoms with Crippen molar-refractivity contribution in [3.8, 4) is 0 Å². The van der Waals surface area contributed by atoms with Gasteiger partial charge in [0.25, 0.3) is 0 Å². The van der Waals surface area contributed by atoms with Crippen molar-refractivity contribution in [3.05, 3.63) is 30.1 Å². The number of nitrogens with one attached hydrogen (secondary N) is 1. The first-order valence-electron chi connectivity index (χ1n) is 3.43. The maximum absolute atomic E-state index is 10.7. The number of para-hydroxylation sites is 2. The van der Waals surface area contributed by atoms with Crippen molar-refractivity contribution in [1.29, 1.82) is 0 Å². The molecule has 1 N–H and O–H groups in total. The monoisotopic (exact) mass is 184 g/mol. The molecule has 0 atom stereocenters. The predicted octanol–water partition coefficient (Wildman–Crippen LogP) is -1.75. The van der Waals surface area contributed by atoms with Crippen molar-refractivity contribution in [2.75, 3.05) is 0 Å². The standard InChI is InChI=1S/C8H6N2OS.Li/c11-8(12)7-9-5-3-1-2-4-6(5)10-7;/h1-4H,(H,9,10)(H,11,12);/q;+1/p-1. The summed E-state index contributed by atoms with van der Waals surface area (Å²) in [4.78, 5) is 17.6. The number of fused-ring (bicyclic) bond motifs is 1. The second-order valence-electron chi connectivity index (χ2n) is 2.39.